The summed E-state index contributed by atoms with van der Waals surface area (Å²) in [6, 6.07) is 22.1. The van der Waals surface area contributed by atoms with Crippen molar-refractivity contribution in [3.63, 3.8) is 0 Å². The van der Waals surface area contributed by atoms with Gasteiger partial charge in [0.05, 0.1) is 5.52 Å². The highest BCUT2D eigenvalue weighted by Gasteiger charge is 2.16. The molecule has 5 rings (SSSR count). The molecular weight excluding hydrogens is 424 g/mol. The van der Waals surface area contributed by atoms with Crippen molar-refractivity contribution < 1.29 is 9.53 Å². The number of fused-ring (bicyclic) bond motifs is 1. The van der Waals surface area contributed by atoms with Crippen LogP contribution in [0.5, 0.6) is 0 Å². The summed E-state index contributed by atoms with van der Waals surface area (Å²) in [6.07, 6.45) is 5.26. The molecule has 3 aromatic carbocycles. The van der Waals surface area contributed by atoms with Crippen LogP contribution in [-0.2, 0) is 16.0 Å². The van der Waals surface area contributed by atoms with E-state index in [4.69, 9.17) is 9.72 Å². The molecule has 0 spiro atoms. The number of anilines is 3. The normalized spacial score (nSPS) is 15.2. The Kier molecular flexibility index (Phi) is 6.31. The number of nitrogens with zero attached hydrogens (tertiary/aromatic N) is 2. The Bertz CT molecular complexity index is 1330. The number of nitrogens with one attached hydrogen (secondary N) is 2. The maximum atomic E-state index is 11.7. The molecule has 1 aromatic heterocycles. The van der Waals surface area contributed by atoms with Crippen LogP contribution in [0.3, 0.4) is 0 Å². The fourth-order valence-electron chi connectivity index (χ4n) is 4.24. The Hall–Kier alpha value is -4.03. The predicted octanol–water partition coefficient (Wildman–Crippen LogP) is 5.74. The molecule has 0 unspecified atom stereocenters. The van der Waals surface area contributed by atoms with Crippen LogP contribution in [0.25, 0.3) is 22.0 Å². The van der Waals surface area contributed by atoms with Crippen molar-refractivity contribution in [3.05, 3.63) is 91.1 Å². The van der Waals surface area contributed by atoms with Crippen LogP contribution in [0, 0.1) is 5.92 Å². The van der Waals surface area contributed by atoms with Gasteiger partial charge in [0.15, 0.2) is 0 Å². The zero-order valence-corrected chi connectivity index (χ0v) is 18.8. The second-order valence-corrected chi connectivity index (χ2v) is 8.47. The molecule has 170 valence electrons. The molecule has 1 fully saturated rings. The number of ether oxygens (including phenoxy) is 1. The van der Waals surface area contributed by atoms with Crippen molar-refractivity contribution in [3.8, 4) is 11.1 Å². The van der Waals surface area contributed by atoms with E-state index in [9.17, 15) is 4.79 Å². The predicted molar refractivity (Wildman–Crippen MR) is 136 cm³/mol. The molecule has 1 aliphatic rings. The first kappa shape index (κ1) is 21.8. The van der Waals surface area contributed by atoms with E-state index in [1.807, 2.05) is 48.7 Å². The molecule has 4 aromatic rings. The number of hydrogen-bond donors (Lipinski definition) is 2. The molecule has 1 saturated heterocycles. The minimum Gasteiger partial charge on any atom is -0.381 e. The largest absolute Gasteiger partial charge is 0.381 e. The number of rotatable bonds is 7. The summed E-state index contributed by atoms with van der Waals surface area (Å²) < 4.78 is 5.49. The number of carbonyl (C=O) groups is 1. The van der Waals surface area contributed by atoms with Gasteiger partial charge in [-0.1, -0.05) is 49.0 Å². The van der Waals surface area contributed by atoms with E-state index in [2.05, 4.69) is 46.5 Å². The Morgan fingerprint density at radius 2 is 1.94 bits per heavy atom. The molecule has 1 aliphatic heterocycles. The van der Waals surface area contributed by atoms with Crippen molar-refractivity contribution >= 4 is 34.1 Å². The van der Waals surface area contributed by atoms with Gasteiger partial charge in [-0.3, -0.25) is 4.79 Å². The monoisotopic (exact) mass is 450 g/mol. The summed E-state index contributed by atoms with van der Waals surface area (Å²) in [6.45, 7) is 5.24. The third kappa shape index (κ3) is 4.97. The molecular formula is C28H26N4O2. The second-order valence-electron chi connectivity index (χ2n) is 8.47. The molecule has 1 atom stereocenters. The topological polar surface area (TPSA) is 76.1 Å². The maximum Gasteiger partial charge on any atom is 0.247 e. The number of carbonyl (C=O) groups excluding carboxylic acids is 1. The van der Waals surface area contributed by atoms with Crippen LogP contribution in [0.1, 0.15) is 12.0 Å². The van der Waals surface area contributed by atoms with E-state index in [-0.39, 0.29) is 5.91 Å². The van der Waals surface area contributed by atoms with Crippen LogP contribution >= 0.6 is 0 Å². The Balaban J connectivity index is 1.39. The molecule has 2 N–H and O–H groups in total. The molecule has 0 aliphatic carbocycles. The maximum absolute atomic E-state index is 11.7. The summed E-state index contributed by atoms with van der Waals surface area (Å²) in [5.74, 6) is 0.907. The number of amides is 1. The van der Waals surface area contributed by atoms with Crippen LogP contribution < -0.4 is 10.6 Å². The first-order valence-corrected chi connectivity index (χ1v) is 11.4. The van der Waals surface area contributed by atoms with E-state index in [1.54, 1.807) is 0 Å². The van der Waals surface area contributed by atoms with Crippen molar-refractivity contribution in [2.45, 2.75) is 12.8 Å². The second kappa shape index (κ2) is 9.85. The third-order valence-corrected chi connectivity index (χ3v) is 6.00. The van der Waals surface area contributed by atoms with Gasteiger partial charge in [-0.25, -0.2) is 9.97 Å². The molecule has 0 saturated carbocycles. The highest BCUT2D eigenvalue weighted by atomic mass is 16.5. The smallest absolute Gasteiger partial charge is 0.247 e. The fourth-order valence-corrected chi connectivity index (χ4v) is 4.24. The molecule has 34 heavy (non-hydrogen) atoms. The van der Waals surface area contributed by atoms with Crippen molar-refractivity contribution in [1.82, 2.24) is 9.97 Å². The molecule has 0 bridgehead atoms. The van der Waals surface area contributed by atoms with Gasteiger partial charge in [0.25, 0.3) is 0 Å². The standard InChI is InChI=1S/C28H26N4O2/c1-2-26(33)30-24-7-3-5-21(16-24)25-8-4-6-22-17-29-28(32-27(22)25)31-23-11-9-19(10-12-23)15-20-13-14-34-18-20/h2-12,16-17,20H,1,13-15,18H2,(H,30,33)(H,29,31,32)/t20-/m0/s1. The average Bonchev–Trinajstić information content (AvgIpc) is 3.38. The summed E-state index contributed by atoms with van der Waals surface area (Å²) in [4.78, 5) is 21.0. The molecule has 6 heteroatoms. The lowest BCUT2D eigenvalue weighted by Crippen LogP contribution is -2.07. The highest BCUT2D eigenvalue weighted by molar-refractivity contribution is 6.00. The van der Waals surface area contributed by atoms with E-state index in [1.165, 1.54) is 11.6 Å². The van der Waals surface area contributed by atoms with Crippen LogP contribution in [-0.4, -0.2) is 29.1 Å². The molecule has 2 heterocycles. The third-order valence-electron chi connectivity index (χ3n) is 6.00. The van der Waals surface area contributed by atoms with Crippen molar-refractivity contribution in [2.75, 3.05) is 23.8 Å². The summed E-state index contributed by atoms with van der Waals surface area (Å²) in [5.41, 5.74) is 5.72. The SMILES string of the molecule is C=CC(=O)Nc1cccc(-c2cccc3cnc(Nc4ccc(C[C@@H]5CCOC5)cc4)nc23)c1. The van der Waals surface area contributed by atoms with E-state index < -0.39 is 0 Å². The Labute approximate surface area is 198 Å². The van der Waals surface area contributed by atoms with Crippen LogP contribution in [0.4, 0.5) is 17.3 Å². The van der Waals surface area contributed by atoms with Gasteiger partial charge >= 0.3 is 0 Å². The van der Waals surface area contributed by atoms with Gasteiger partial charge in [-0.15, -0.1) is 0 Å². The first-order chi connectivity index (χ1) is 16.7. The van der Waals surface area contributed by atoms with Gasteiger partial charge in [-0.05, 0) is 60.2 Å². The van der Waals surface area contributed by atoms with Crippen LogP contribution in [0.2, 0.25) is 0 Å². The van der Waals surface area contributed by atoms with Gasteiger partial charge in [0, 0.05) is 41.7 Å². The lowest BCUT2D eigenvalue weighted by molar-refractivity contribution is -0.111. The minimum atomic E-state index is -0.244. The highest BCUT2D eigenvalue weighted by Crippen LogP contribution is 2.30. The van der Waals surface area contributed by atoms with Gasteiger partial charge in [0.1, 0.15) is 0 Å². The van der Waals surface area contributed by atoms with Gasteiger partial charge in [0.2, 0.25) is 11.9 Å². The van der Waals surface area contributed by atoms with E-state index in [0.717, 1.165) is 53.8 Å². The van der Waals surface area contributed by atoms with Gasteiger partial charge in [-0.2, -0.15) is 0 Å². The number of hydrogen-bond acceptors (Lipinski definition) is 5. The van der Waals surface area contributed by atoms with Gasteiger partial charge < -0.3 is 15.4 Å². The number of aromatic nitrogens is 2. The summed E-state index contributed by atoms with van der Waals surface area (Å²) >= 11 is 0. The molecule has 6 nitrogen and oxygen atoms in total. The number of benzene rings is 3. The molecule has 0 radical (unpaired) electrons. The number of para-hydroxylation sites is 1. The summed E-state index contributed by atoms with van der Waals surface area (Å²) in [5, 5.41) is 7.08. The van der Waals surface area contributed by atoms with E-state index >= 15 is 0 Å². The lowest BCUT2D eigenvalue weighted by atomic mass is 9.99. The average molecular weight is 451 g/mol. The quantitative estimate of drug-likeness (QED) is 0.351. The Morgan fingerprint density at radius 1 is 1.09 bits per heavy atom. The van der Waals surface area contributed by atoms with Crippen molar-refractivity contribution in [2.24, 2.45) is 5.92 Å². The summed E-state index contributed by atoms with van der Waals surface area (Å²) in [7, 11) is 0. The first-order valence-electron chi connectivity index (χ1n) is 11.4. The molecule has 1 amide bonds. The zero-order valence-electron chi connectivity index (χ0n) is 18.8. The Morgan fingerprint density at radius 3 is 2.74 bits per heavy atom. The van der Waals surface area contributed by atoms with E-state index in [0.29, 0.717) is 17.6 Å². The minimum absolute atomic E-state index is 0.244. The fraction of sp³-hybridized carbons (Fsp3) is 0.179. The van der Waals surface area contributed by atoms with Crippen LogP contribution in [0.15, 0.2) is 85.6 Å². The van der Waals surface area contributed by atoms with Crippen molar-refractivity contribution in [1.29, 1.82) is 0 Å². The lowest BCUT2D eigenvalue weighted by Gasteiger charge is -2.11. The zero-order chi connectivity index (χ0) is 23.3.